The average molecular weight is 432 g/mol. The number of hydrogen-bond acceptors (Lipinski definition) is 4. The van der Waals surface area contributed by atoms with Gasteiger partial charge in [0, 0.05) is 30.5 Å². The van der Waals surface area contributed by atoms with Crippen LogP contribution in [0.25, 0.3) is 5.57 Å². The number of amides is 2. The third-order valence-electron chi connectivity index (χ3n) is 5.30. The molecule has 0 saturated carbocycles. The van der Waals surface area contributed by atoms with E-state index in [1.807, 2.05) is 74.4 Å². The Hall–Kier alpha value is -3.57. The van der Waals surface area contributed by atoms with E-state index in [0.29, 0.717) is 27.5 Å². The second-order valence-electron chi connectivity index (χ2n) is 7.51. The van der Waals surface area contributed by atoms with Crippen molar-refractivity contribution < 1.29 is 9.59 Å². The van der Waals surface area contributed by atoms with Crippen LogP contribution in [0.15, 0.2) is 78.5 Å². The molecule has 31 heavy (non-hydrogen) atoms. The molecule has 0 unspecified atom stereocenters. The molecule has 1 heterocycles. The molecular formula is C25H22ClN3O2. The first-order valence-electron chi connectivity index (χ1n) is 9.86. The monoisotopic (exact) mass is 431 g/mol. The van der Waals surface area contributed by atoms with E-state index in [1.54, 1.807) is 24.3 Å². The van der Waals surface area contributed by atoms with Crippen molar-refractivity contribution in [3.05, 3.63) is 94.6 Å². The Bertz CT molecular complexity index is 1190. The van der Waals surface area contributed by atoms with Gasteiger partial charge in [0.05, 0.1) is 11.3 Å². The number of benzene rings is 3. The van der Waals surface area contributed by atoms with E-state index in [2.05, 4.69) is 5.32 Å². The summed E-state index contributed by atoms with van der Waals surface area (Å²) in [7, 11) is 3.87. The number of imide groups is 1. The molecule has 2 amide bonds. The van der Waals surface area contributed by atoms with Crippen LogP contribution in [0.1, 0.15) is 11.1 Å². The fraction of sp³-hybridized carbons (Fsp3) is 0.120. The molecule has 3 aromatic rings. The van der Waals surface area contributed by atoms with Crippen molar-refractivity contribution in [2.75, 3.05) is 29.2 Å². The SMILES string of the molecule is Cc1c(Cl)cccc1NC1=C(c2ccccc2)C(=O)N(c2ccc(N(C)C)cc2)C1=O. The first-order valence-corrected chi connectivity index (χ1v) is 10.2. The van der Waals surface area contributed by atoms with Crippen LogP contribution < -0.4 is 15.1 Å². The lowest BCUT2D eigenvalue weighted by Gasteiger charge is -2.18. The van der Waals surface area contributed by atoms with E-state index in [-0.39, 0.29) is 11.6 Å². The van der Waals surface area contributed by atoms with Gasteiger partial charge in [0.25, 0.3) is 11.8 Å². The highest BCUT2D eigenvalue weighted by atomic mass is 35.5. The van der Waals surface area contributed by atoms with Gasteiger partial charge in [0.1, 0.15) is 5.70 Å². The van der Waals surface area contributed by atoms with Crippen LogP contribution in [0.2, 0.25) is 5.02 Å². The van der Waals surface area contributed by atoms with Gasteiger partial charge in [-0.2, -0.15) is 0 Å². The van der Waals surface area contributed by atoms with E-state index in [9.17, 15) is 9.59 Å². The van der Waals surface area contributed by atoms with Crippen LogP contribution in [-0.2, 0) is 9.59 Å². The topological polar surface area (TPSA) is 52.7 Å². The molecule has 0 saturated heterocycles. The molecule has 0 bridgehead atoms. The predicted octanol–water partition coefficient (Wildman–Crippen LogP) is 5.11. The zero-order chi connectivity index (χ0) is 22.1. The third-order valence-corrected chi connectivity index (χ3v) is 5.71. The molecule has 5 nitrogen and oxygen atoms in total. The van der Waals surface area contributed by atoms with Crippen LogP contribution in [-0.4, -0.2) is 25.9 Å². The lowest BCUT2D eigenvalue weighted by atomic mass is 10.0. The zero-order valence-electron chi connectivity index (χ0n) is 17.5. The molecule has 1 aliphatic heterocycles. The molecule has 4 rings (SSSR count). The van der Waals surface area contributed by atoms with Crippen LogP contribution in [0, 0.1) is 6.92 Å². The van der Waals surface area contributed by atoms with Gasteiger partial charge in [0.2, 0.25) is 0 Å². The molecule has 0 aromatic heterocycles. The van der Waals surface area contributed by atoms with Crippen molar-refractivity contribution >= 4 is 46.1 Å². The summed E-state index contributed by atoms with van der Waals surface area (Å²) in [4.78, 5) is 30.1. The number of carbonyl (C=O) groups excluding carboxylic acids is 2. The van der Waals surface area contributed by atoms with Gasteiger partial charge in [-0.1, -0.05) is 48.0 Å². The van der Waals surface area contributed by atoms with Gasteiger partial charge in [-0.15, -0.1) is 0 Å². The highest BCUT2D eigenvalue weighted by Gasteiger charge is 2.40. The van der Waals surface area contributed by atoms with Crippen LogP contribution in [0.4, 0.5) is 17.1 Å². The number of halogens is 1. The van der Waals surface area contributed by atoms with Crippen molar-refractivity contribution in [2.24, 2.45) is 0 Å². The number of nitrogens with one attached hydrogen (secondary N) is 1. The fourth-order valence-corrected chi connectivity index (χ4v) is 3.70. The van der Waals surface area contributed by atoms with Crippen LogP contribution >= 0.6 is 11.6 Å². The molecule has 0 atom stereocenters. The third kappa shape index (κ3) is 3.80. The average Bonchev–Trinajstić information content (AvgIpc) is 3.01. The molecular weight excluding hydrogens is 410 g/mol. The van der Waals surface area contributed by atoms with Gasteiger partial charge in [0.15, 0.2) is 0 Å². The maximum absolute atomic E-state index is 13.5. The lowest BCUT2D eigenvalue weighted by Crippen LogP contribution is -2.32. The smallest absolute Gasteiger partial charge is 0.282 e. The number of rotatable bonds is 5. The highest BCUT2D eigenvalue weighted by Crippen LogP contribution is 2.35. The maximum Gasteiger partial charge on any atom is 0.282 e. The summed E-state index contributed by atoms with van der Waals surface area (Å²) in [6.07, 6.45) is 0. The molecule has 0 radical (unpaired) electrons. The van der Waals surface area contributed by atoms with Crippen molar-refractivity contribution in [2.45, 2.75) is 6.92 Å². The molecule has 1 aliphatic rings. The van der Waals surface area contributed by atoms with Gasteiger partial charge < -0.3 is 10.2 Å². The first-order chi connectivity index (χ1) is 14.9. The Morgan fingerprint density at radius 2 is 1.52 bits per heavy atom. The predicted molar refractivity (Wildman–Crippen MR) is 126 cm³/mol. The number of hydrogen-bond donors (Lipinski definition) is 1. The second-order valence-corrected chi connectivity index (χ2v) is 7.92. The van der Waals surface area contributed by atoms with E-state index in [0.717, 1.165) is 11.3 Å². The van der Waals surface area contributed by atoms with Gasteiger partial charge >= 0.3 is 0 Å². The van der Waals surface area contributed by atoms with Crippen molar-refractivity contribution in [3.63, 3.8) is 0 Å². The Balaban J connectivity index is 1.80. The molecule has 6 heteroatoms. The van der Waals surface area contributed by atoms with Crippen LogP contribution in [0.3, 0.4) is 0 Å². The maximum atomic E-state index is 13.5. The van der Waals surface area contributed by atoms with Crippen molar-refractivity contribution in [1.82, 2.24) is 0 Å². The van der Waals surface area contributed by atoms with Crippen molar-refractivity contribution in [3.8, 4) is 0 Å². The molecule has 1 N–H and O–H groups in total. The molecule has 0 spiro atoms. The van der Waals surface area contributed by atoms with E-state index in [1.165, 1.54) is 4.90 Å². The molecule has 156 valence electrons. The quantitative estimate of drug-likeness (QED) is 0.570. The highest BCUT2D eigenvalue weighted by molar-refractivity contribution is 6.46. The summed E-state index contributed by atoms with van der Waals surface area (Å²) in [5, 5.41) is 3.77. The first kappa shape index (κ1) is 20.7. The minimum atomic E-state index is -0.402. The summed E-state index contributed by atoms with van der Waals surface area (Å²) in [5.41, 5.74) is 4.23. The lowest BCUT2D eigenvalue weighted by molar-refractivity contribution is -0.120. The summed E-state index contributed by atoms with van der Waals surface area (Å²) in [6, 6.07) is 22.0. The minimum absolute atomic E-state index is 0.234. The summed E-state index contributed by atoms with van der Waals surface area (Å²) in [5.74, 6) is -0.767. The van der Waals surface area contributed by atoms with Crippen LogP contribution in [0.5, 0.6) is 0 Å². The van der Waals surface area contributed by atoms with E-state index >= 15 is 0 Å². The Morgan fingerprint density at radius 1 is 0.839 bits per heavy atom. The summed E-state index contributed by atoms with van der Waals surface area (Å²) >= 11 is 6.26. The Morgan fingerprint density at radius 3 is 2.16 bits per heavy atom. The summed E-state index contributed by atoms with van der Waals surface area (Å²) < 4.78 is 0. The van der Waals surface area contributed by atoms with E-state index < -0.39 is 5.91 Å². The number of anilines is 3. The van der Waals surface area contributed by atoms with Gasteiger partial charge in [-0.05, 0) is 54.4 Å². The standard InChI is InChI=1S/C25H22ClN3O2/c1-16-20(26)10-7-11-21(16)27-23-22(17-8-5-4-6-9-17)24(30)29(25(23)31)19-14-12-18(13-15-19)28(2)3/h4-15,27H,1-3H3. The minimum Gasteiger partial charge on any atom is -0.378 e. The van der Waals surface area contributed by atoms with Crippen molar-refractivity contribution in [1.29, 1.82) is 0 Å². The summed E-state index contributed by atoms with van der Waals surface area (Å²) in [6.45, 7) is 1.87. The zero-order valence-corrected chi connectivity index (χ0v) is 18.3. The number of nitrogens with zero attached hydrogens (tertiary/aromatic N) is 2. The fourth-order valence-electron chi connectivity index (χ4n) is 3.53. The van der Waals surface area contributed by atoms with E-state index in [4.69, 9.17) is 11.6 Å². The van der Waals surface area contributed by atoms with Gasteiger partial charge in [-0.3, -0.25) is 9.59 Å². The molecule has 0 fully saturated rings. The normalized spacial score (nSPS) is 13.7. The van der Waals surface area contributed by atoms with Gasteiger partial charge in [-0.25, -0.2) is 4.90 Å². The Kier molecular flexibility index (Phi) is 5.53. The molecule has 0 aliphatic carbocycles. The largest absolute Gasteiger partial charge is 0.378 e. The Labute approximate surface area is 186 Å². The second kappa shape index (κ2) is 8.28. The number of carbonyl (C=O) groups is 2. The molecule has 3 aromatic carbocycles.